The molecule has 196 valence electrons. The van der Waals surface area contributed by atoms with Gasteiger partial charge in [0.2, 0.25) is 0 Å². The topological polar surface area (TPSA) is 35.6 Å². The first kappa shape index (κ1) is 23.0. The maximum atomic E-state index is 4.73. The van der Waals surface area contributed by atoms with E-state index in [4.69, 9.17) is 4.98 Å². The van der Waals surface area contributed by atoms with Gasteiger partial charge in [0.25, 0.3) is 0 Å². The molecule has 0 spiro atoms. The molecule has 0 radical (unpaired) electrons. The third kappa shape index (κ3) is 3.23. The zero-order valence-corrected chi connectivity index (χ0v) is 22.6. The van der Waals surface area contributed by atoms with Crippen LogP contribution in [-0.4, -0.2) is 19.1 Å². The molecule has 4 heteroatoms. The quantitative estimate of drug-likeness (QED) is 0.225. The van der Waals surface area contributed by atoms with Crippen LogP contribution in [0.25, 0.3) is 77.1 Å². The molecule has 0 aliphatic rings. The van der Waals surface area contributed by atoms with Crippen LogP contribution in [0.15, 0.2) is 146 Å². The average Bonchev–Trinajstić information content (AvgIpc) is 3.58. The first-order chi connectivity index (χ1) is 20.9. The normalized spacial score (nSPS) is 11.8. The summed E-state index contributed by atoms with van der Waals surface area (Å²) in [6, 6.07) is 47.7. The molecule has 0 saturated carbocycles. The Morgan fingerprint density at radius 1 is 0.429 bits per heavy atom. The zero-order valence-electron chi connectivity index (χ0n) is 22.6. The lowest BCUT2D eigenvalue weighted by molar-refractivity contribution is 1.15. The van der Waals surface area contributed by atoms with Crippen molar-refractivity contribution in [1.82, 2.24) is 19.1 Å². The van der Waals surface area contributed by atoms with Gasteiger partial charge < -0.3 is 9.13 Å². The van der Waals surface area contributed by atoms with Gasteiger partial charge in [-0.2, -0.15) is 0 Å². The first-order valence-corrected chi connectivity index (χ1v) is 14.2. The Morgan fingerprint density at radius 2 is 0.952 bits per heavy atom. The summed E-state index contributed by atoms with van der Waals surface area (Å²) < 4.78 is 4.87. The van der Waals surface area contributed by atoms with Gasteiger partial charge in [-0.3, -0.25) is 9.97 Å². The van der Waals surface area contributed by atoms with E-state index >= 15 is 0 Å². The van der Waals surface area contributed by atoms with Crippen molar-refractivity contribution < 1.29 is 0 Å². The molecule has 0 atom stereocenters. The van der Waals surface area contributed by atoms with Crippen molar-refractivity contribution in [1.29, 1.82) is 0 Å². The van der Waals surface area contributed by atoms with Gasteiger partial charge in [0, 0.05) is 45.2 Å². The summed E-state index contributed by atoms with van der Waals surface area (Å²) in [5.41, 5.74) is 10.9. The van der Waals surface area contributed by atoms with Crippen LogP contribution < -0.4 is 0 Å². The van der Waals surface area contributed by atoms with Crippen molar-refractivity contribution in [3.63, 3.8) is 0 Å². The Hall–Kier alpha value is -5.74. The Bertz CT molecular complexity index is 2450. The van der Waals surface area contributed by atoms with E-state index in [0.29, 0.717) is 0 Å². The Kier molecular flexibility index (Phi) is 4.87. The lowest BCUT2D eigenvalue weighted by Gasteiger charge is -2.16. The largest absolute Gasteiger partial charge is 0.307 e. The Morgan fingerprint density at radius 3 is 1.62 bits per heavy atom. The fourth-order valence-corrected chi connectivity index (χ4v) is 6.63. The van der Waals surface area contributed by atoms with E-state index in [1.165, 1.54) is 38.1 Å². The molecule has 0 N–H and O–H groups in total. The van der Waals surface area contributed by atoms with Gasteiger partial charge in [-0.05, 0) is 42.0 Å². The average molecular weight is 537 g/mol. The highest BCUT2D eigenvalue weighted by molar-refractivity contribution is 6.24. The molecule has 3 aromatic heterocycles. The highest BCUT2D eigenvalue weighted by Gasteiger charge is 2.22. The maximum absolute atomic E-state index is 4.73. The third-order valence-corrected chi connectivity index (χ3v) is 8.40. The number of nitrogens with zero attached hydrogens (tertiary/aromatic N) is 4. The summed E-state index contributed by atoms with van der Waals surface area (Å²) in [5, 5.41) is 4.91. The molecule has 9 aromatic rings. The highest BCUT2D eigenvalue weighted by Crippen LogP contribution is 2.43. The van der Waals surface area contributed by atoms with Crippen molar-refractivity contribution in [3.8, 4) is 22.5 Å². The van der Waals surface area contributed by atoms with Gasteiger partial charge in [-0.15, -0.1) is 0 Å². The van der Waals surface area contributed by atoms with E-state index in [1.54, 1.807) is 12.4 Å². The maximum Gasteiger partial charge on any atom is 0.0908 e. The lowest BCUT2D eigenvalue weighted by atomic mass is 10.0. The van der Waals surface area contributed by atoms with E-state index in [1.807, 2.05) is 0 Å². The van der Waals surface area contributed by atoms with Crippen LogP contribution in [0, 0.1) is 0 Å². The number of aromatic nitrogens is 4. The number of hydrogen-bond acceptors (Lipinski definition) is 2. The SMILES string of the molecule is c1ccc(-c2cc3nccnc3cc2-n2c3ccccc3c3ccc4c5ccccc5n(-c5ccccc5)c4c32)cc1. The molecule has 3 heterocycles. The van der Waals surface area contributed by atoms with E-state index in [-0.39, 0.29) is 0 Å². The number of hydrogen-bond donors (Lipinski definition) is 0. The van der Waals surface area contributed by atoms with Crippen molar-refractivity contribution in [2.75, 3.05) is 0 Å². The second-order valence-corrected chi connectivity index (χ2v) is 10.7. The molecular formula is C38H24N4. The van der Waals surface area contributed by atoms with Gasteiger partial charge in [0.1, 0.15) is 0 Å². The van der Waals surface area contributed by atoms with Gasteiger partial charge in [0.15, 0.2) is 0 Å². The molecule has 0 unspecified atom stereocenters. The second kappa shape index (κ2) is 8.88. The van der Waals surface area contributed by atoms with Crippen LogP contribution in [-0.2, 0) is 0 Å². The Labute approximate surface area is 241 Å². The molecule has 0 bridgehead atoms. The zero-order chi connectivity index (χ0) is 27.6. The highest BCUT2D eigenvalue weighted by atomic mass is 15.0. The molecule has 0 amide bonds. The van der Waals surface area contributed by atoms with Crippen LogP contribution in [0.5, 0.6) is 0 Å². The molecular weight excluding hydrogens is 512 g/mol. The smallest absolute Gasteiger partial charge is 0.0908 e. The second-order valence-electron chi connectivity index (χ2n) is 10.7. The van der Waals surface area contributed by atoms with Crippen LogP contribution in [0.2, 0.25) is 0 Å². The fourth-order valence-electron chi connectivity index (χ4n) is 6.63. The van der Waals surface area contributed by atoms with E-state index in [2.05, 4.69) is 148 Å². The van der Waals surface area contributed by atoms with E-state index in [9.17, 15) is 0 Å². The van der Waals surface area contributed by atoms with Crippen LogP contribution >= 0.6 is 0 Å². The van der Waals surface area contributed by atoms with Gasteiger partial charge in [-0.1, -0.05) is 97.1 Å². The van der Waals surface area contributed by atoms with Gasteiger partial charge in [-0.25, -0.2) is 0 Å². The minimum absolute atomic E-state index is 0.869. The number of fused-ring (bicyclic) bond motifs is 8. The van der Waals surface area contributed by atoms with Crippen LogP contribution in [0.3, 0.4) is 0 Å². The molecule has 9 rings (SSSR count). The number of rotatable bonds is 3. The predicted octanol–water partition coefficient (Wildman–Crippen LogP) is 9.49. The standard InChI is InChI=1S/C38H24N4/c1-3-11-25(12-4-1)31-23-32-33(40-22-21-39-32)24-36(31)42-35-18-10-8-16-28(35)30-20-19-29-27-15-7-9-17-34(27)41(37(29)38(30)42)26-13-5-2-6-14-26/h1-24H. The molecule has 0 aliphatic carbocycles. The third-order valence-electron chi connectivity index (χ3n) is 8.40. The Balaban J connectivity index is 1.55. The predicted molar refractivity (Wildman–Crippen MR) is 174 cm³/mol. The molecule has 0 aliphatic heterocycles. The van der Waals surface area contributed by atoms with Gasteiger partial charge >= 0.3 is 0 Å². The minimum Gasteiger partial charge on any atom is -0.307 e. The van der Waals surface area contributed by atoms with Crippen molar-refractivity contribution in [2.24, 2.45) is 0 Å². The molecule has 0 saturated heterocycles. The lowest BCUT2D eigenvalue weighted by Crippen LogP contribution is -2.01. The first-order valence-electron chi connectivity index (χ1n) is 14.2. The monoisotopic (exact) mass is 536 g/mol. The summed E-state index contributed by atoms with van der Waals surface area (Å²) in [4.78, 5) is 9.40. The summed E-state index contributed by atoms with van der Waals surface area (Å²) >= 11 is 0. The van der Waals surface area contributed by atoms with E-state index < -0.39 is 0 Å². The summed E-state index contributed by atoms with van der Waals surface area (Å²) in [6.45, 7) is 0. The van der Waals surface area contributed by atoms with Crippen molar-refractivity contribution in [3.05, 3.63) is 146 Å². The molecule has 6 aromatic carbocycles. The van der Waals surface area contributed by atoms with Crippen molar-refractivity contribution >= 4 is 54.6 Å². The molecule has 0 fully saturated rings. The van der Waals surface area contributed by atoms with Gasteiger partial charge in [0.05, 0.1) is 38.8 Å². The van der Waals surface area contributed by atoms with Crippen molar-refractivity contribution in [2.45, 2.75) is 0 Å². The van der Waals surface area contributed by atoms with E-state index in [0.717, 1.165) is 39.1 Å². The summed E-state index contributed by atoms with van der Waals surface area (Å²) in [6.07, 6.45) is 3.53. The fraction of sp³-hybridized carbons (Fsp3) is 0. The molecule has 42 heavy (non-hydrogen) atoms. The van der Waals surface area contributed by atoms with Crippen LogP contribution in [0.1, 0.15) is 0 Å². The summed E-state index contributed by atoms with van der Waals surface area (Å²) in [5.74, 6) is 0. The minimum atomic E-state index is 0.869. The number of para-hydroxylation sites is 3. The summed E-state index contributed by atoms with van der Waals surface area (Å²) in [7, 11) is 0. The number of benzene rings is 6. The van der Waals surface area contributed by atoms with Crippen LogP contribution in [0.4, 0.5) is 0 Å². The molecule has 4 nitrogen and oxygen atoms in total.